The van der Waals surface area contributed by atoms with Crippen molar-refractivity contribution < 1.29 is 0 Å². The zero-order chi connectivity index (χ0) is 35.8. The molecule has 282 valence electrons. The number of fused-ring (bicyclic) bond motifs is 7. The molecule has 0 saturated carbocycles. The lowest BCUT2D eigenvalue weighted by Gasteiger charge is -2.39. The van der Waals surface area contributed by atoms with Crippen LogP contribution in [0.5, 0.6) is 0 Å². The van der Waals surface area contributed by atoms with E-state index >= 15 is 0 Å². The molecule has 0 fully saturated rings. The average molecular weight is 709 g/mol. The van der Waals surface area contributed by atoms with Crippen molar-refractivity contribution >= 4 is 11.3 Å². The molecule has 2 aliphatic rings. The Kier molecular flexibility index (Phi) is 16.7. The molecule has 1 heterocycles. The third-order valence-electron chi connectivity index (χ3n) is 13.1. The molecule has 51 heavy (non-hydrogen) atoms. The van der Waals surface area contributed by atoms with E-state index in [2.05, 4.69) is 87.6 Å². The summed E-state index contributed by atoms with van der Waals surface area (Å²) in [4.78, 5) is 3.33. The summed E-state index contributed by atoms with van der Waals surface area (Å²) in [5, 5.41) is 0. The SMILES string of the molecule is CCCCCCCCC1(CCCCCCCC)c2ccccc2-c2sc3c(c21)C(CCCCCCCC)(CCCCCCCC)c1ccccc1-3. The summed E-state index contributed by atoms with van der Waals surface area (Å²) < 4.78 is 0. The predicted molar refractivity (Wildman–Crippen MR) is 229 cm³/mol. The van der Waals surface area contributed by atoms with Gasteiger partial charge in [0.15, 0.2) is 0 Å². The highest BCUT2D eigenvalue weighted by Gasteiger charge is 2.53. The Balaban J connectivity index is 1.58. The Hall–Kier alpha value is -1.86. The first kappa shape index (κ1) is 40.3. The lowest BCUT2D eigenvalue weighted by atomic mass is 9.64. The molecular weight excluding hydrogens is 633 g/mol. The molecule has 1 heteroatoms. The van der Waals surface area contributed by atoms with Crippen LogP contribution in [0.3, 0.4) is 0 Å². The molecule has 1 aromatic heterocycles. The standard InChI is InChI=1S/C50H76S/c1-5-9-13-17-21-29-37-49(38-30-22-18-14-10-6-2)43-35-27-25-33-41(43)47-45(49)46-48(51-47)42-34-26-28-36-44(42)50(46,39-31-23-19-15-11-7-3)40-32-24-20-16-12-8-4/h25-28,33-36H,5-24,29-32,37-40H2,1-4H3. The minimum absolute atomic E-state index is 0.168. The van der Waals surface area contributed by atoms with E-state index < -0.39 is 0 Å². The first-order valence-corrected chi connectivity index (χ1v) is 23.4. The number of rotatable bonds is 28. The third kappa shape index (κ3) is 9.45. The van der Waals surface area contributed by atoms with Gasteiger partial charge in [-0.2, -0.15) is 0 Å². The molecular formula is C50H76S. The second-order valence-electron chi connectivity index (χ2n) is 16.8. The van der Waals surface area contributed by atoms with E-state index in [1.807, 2.05) is 11.1 Å². The molecule has 0 atom stereocenters. The molecule has 5 rings (SSSR count). The monoisotopic (exact) mass is 709 g/mol. The van der Waals surface area contributed by atoms with Crippen molar-refractivity contribution in [2.24, 2.45) is 0 Å². The second-order valence-corrected chi connectivity index (χ2v) is 17.9. The maximum Gasteiger partial charge on any atom is 0.0396 e. The fourth-order valence-corrected chi connectivity index (χ4v) is 11.9. The largest absolute Gasteiger partial charge is 0.135 e. The third-order valence-corrected chi connectivity index (χ3v) is 14.3. The maximum atomic E-state index is 2.58. The van der Waals surface area contributed by atoms with Gasteiger partial charge in [-0.25, -0.2) is 0 Å². The molecule has 0 spiro atoms. The van der Waals surface area contributed by atoms with E-state index in [0.717, 1.165) is 0 Å². The predicted octanol–water partition coefficient (Wildman–Crippen LogP) is 17.3. The number of hydrogen-bond acceptors (Lipinski definition) is 1. The minimum Gasteiger partial charge on any atom is -0.135 e. The summed E-state index contributed by atoms with van der Waals surface area (Å²) in [5.74, 6) is 0. The molecule has 0 bridgehead atoms. The molecule has 0 N–H and O–H groups in total. The lowest BCUT2D eigenvalue weighted by molar-refractivity contribution is 0.369. The molecule has 3 aromatic rings. The Morgan fingerprint density at radius 2 is 0.627 bits per heavy atom. The fraction of sp³-hybridized carbons (Fsp3) is 0.680. The van der Waals surface area contributed by atoms with Gasteiger partial charge in [0.1, 0.15) is 0 Å². The number of thiophene rings is 1. The van der Waals surface area contributed by atoms with Crippen LogP contribution in [0.4, 0.5) is 0 Å². The van der Waals surface area contributed by atoms with Crippen LogP contribution in [0.1, 0.15) is 230 Å². The van der Waals surface area contributed by atoms with Crippen LogP contribution in [-0.4, -0.2) is 0 Å². The molecule has 0 nitrogen and oxygen atoms in total. The fourth-order valence-electron chi connectivity index (χ4n) is 10.3. The molecule has 2 aromatic carbocycles. The molecule has 0 unspecified atom stereocenters. The summed E-state index contributed by atoms with van der Waals surface area (Å²) >= 11 is 2.20. The Morgan fingerprint density at radius 1 is 0.353 bits per heavy atom. The first-order chi connectivity index (χ1) is 25.2. The lowest BCUT2D eigenvalue weighted by Crippen LogP contribution is -2.32. The van der Waals surface area contributed by atoms with Gasteiger partial charge in [0, 0.05) is 20.6 Å². The van der Waals surface area contributed by atoms with Crippen molar-refractivity contribution in [2.75, 3.05) is 0 Å². The zero-order valence-electron chi connectivity index (χ0n) is 33.8. The quantitative estimate of drug-likeness (QED) is 0.0659. The normalized spacial score (nSPS) is 14.8. The van der Waals surface area contributed by atoms with Crippen molar-refractivity contribution in [3.8, 4) is 20.9 Å². The van der Waals surface area contributed by atoms with E-state index in [-0.39, 0.29) is 10.8 Å². The maximum absolute atomic E-state index is 2.58. The van der Waals surface area contributed by atoms with Crippen LogP contribution in [0.2, 0.25) is 0 Å². The molecule has 0 amide bonds. The van der Waals surface area contributed by atoms with Crippen LogP contribution >= 0.6 is 11.3 Å². The van der Waals surface area contributed by atoms with E-state index in [9.17, 15) is 0 Å². The van der Waals surface area contributed by atoms with Crippen LogP contribution in [0.25, 0.3) is 20.9 Å². The average Bonchev–Trinajstić information content (AvgIpc) is 3.76. The van der Waals surface area contributed by atoms with Crippen molar-refractivity contribution in [3.63, 3.8) is 0 Å². The van der Waals surface area contributed by atoms with Crippen molar-refractivity contribution in [3.05, 3.63) is 70.8 Å². The van der Waals surface area contributed by atoms with Crippen LogP contribution in [-0.2, 0) is 10.8 Å². The molecule has 2 aliphatic carbocycles. The Labute approximate surface area is 320 Å². The second kappa shape index (κ2) is 21.1. The highest BCUT2D eigenvalue weighted by Crippen LogP contribution is 2.67. The molecule has 0 aliphatic heterocycles. The minimum atomic E-state index is 0.168. The molecule has 0 saturated heterocycles. The van der Waals surface area contributed by atoms with Crippen molar-refractivity contribution in [2.45, 2.75) is 218 Å². The van der Waals surface area contributed by atoms with Crippen LogP contribution in [0, 0.1) is 0 Å². The van der Waals surface area contributed by atoms with Crippen LogP contribution in [0.15, 0.2) is 48.5 Å². The Bertz CT molecular complexity index is 1280. The summed E-state index contributed by atoms with van der Waals surface area (Å²) in [7, 11) is 0. The van der Waals surface area contributed by atoms with E-state index in [1.54, 1.807) is 32.0 Å². The topological polar surface area (TPSA) is 0 Å². The van der Waals surface area contributed by atoms with Gasteiger partial charge in [-0.1, -0.05) is 230 Å². The van der Waals surface area contributed by atoms with Gasteiger partial charge >= 0.3 is 0 Å². The number of hydrogen-bond donors (Lipinski definition) is 0. The van der Waals surface area contributed by atoms with Gasteiger partial charge in [0.05, 0.1) is 0 Å². The van der Waals surface area contributed by atoms with Crippen LogP contribution < -0.4 is 0 Å². The van der Waals surface area contributed by atoms with Gasteiger partial charge in [0.2, 0.25) is 0 Å². The smallest absolute Gasteiger partial charge is 0.0396 e. The summed E-state index contributed by atoms with van der Waals surface area (Å²) in [6.45, 7) is 9.41. The van der Waals surface area contributed by atoms with E-state index in [0.29, 0.717) is 0 Å². The Morgan fingerprint density at radius 3 is 0.941 bits per heavy atom. The highest BCUT2D eigenvalue weighted by molar-refractivity contribution is 7.19. The van der Waals surface area contributed by atoms with Gasteiger partial charge < -0.3 is 0 Å². The summed E-state index contributed by atoms with van der Waals surface area (Å²) in [6.07, 6.45) is 38.5. The van der Waals surface area contributed by atoms with Crippen molar-refractivity contribution in [1.82, 2.24) is 0 Å². The summed E-state index contributed by atoms with van der Waals surface area (Å²) in [5.41, 5.74) is 10.6. The van der Waals surface area contributed by atoms with Gasteiger partial charge in [-0.3, -0.25) is 0 Å². The number of benzene rings is 2. The highest BCUT2D eigenvalue weighted by atomic mass is 32.1. The van der Waals surface area contributed by atoms with Gasteiger partial charge in [-0.05, 0) is 59.1 Å². The van der Waals surface area contributed by atoms with E-state index in [1.165, 1.54) is 180 Å². The van der Waals surface area contributed by atoms with Crippen molar-refractivity contribution in [1.29, 1.82) is 0 Å². The summed E-state index contributed by atoms with van der Waals surface area (Å²) in [6, 6.07) is 19.6. The number of unbranched alkanes of at least 4 members (excludes halogenated alkanes) is 20. The van der Waals surface area contributed by atoms with Gasteiger partial charge in [-0.15, -0.1) is 11.3 Å². The zero-order valence-corrected chi connectivity index (χ0v) is 34.6. The first-order valence-electron chi connectivity index (χ1n) is 22.6. The van der Waals surface area contributed by atoms with Gasteiger partial charge in [0.25, 0.3) is 0 Å². The molecule has 0 radical (unpaired) electrons. The van der Waals surface area contributed by atoms with E-state index in [4.69, 9.17) is 0 Å².